The highest BCUT2D eigenvalue weighted by Gasteiger charge is 2.57. The zero-order chi connectivity index (χ0) is 18.4. The fourth-order valence-corrected chi connectivity index (χ4v) is 5.47. The summed E-state index contributed by atoms with van der Waals surface area (Å²) in [5.41, 5.74) is 0.640. The second-order valence-electron chi connectivity index (χ2n) is 8.38. The summed E-state index contributed by atoms with van der Waals surface area (Å²) in [7, 11) is 0. The highest BCUT2D eigenvalue weighted by molar-refractivity contribution is 6.21. The second-order valence-corrected chi connectivity index (χ2v) is 8.38. The summed E-state index contributed by atoms with van der Waals surface area (Å²) in [6.45, 7) is 8.23. The van der Waals surface area contributed by atoms with E-state index in [0.29, 0.717) is 12.8 Å². The van der Waals surface area contributed by atoms with E-state index in [9.17, 15) is 19.8 Å². The van der Waals surface area contributed by atoms with Gasteiger partial charge in [-0.2, -0.15) is 0 Å². The minimum absolute atomic E-state index is 0.0421. The summed E-state index contributed by atoms with van der Waals surface area (Å²) in [5, 5.41) is 20.5. The molecule has 3 rings (SSSR count). The Hall–Kier alpha value is -1.46. The number of esters is 1. The standard InChI is InChI=1S/C20H28O5/c1-12-4-7-16-19(2,9-8-17(23)20(16,3)11-21)14(12)6-5-13-15(22)10-25-18(13)24/h5,14,16-17,21,23H,1,4,6-11H2,2-3H3/t14-,16+,17-,19+,20+/m1/s1. The number of aliphatic hydroxyl groups is 2. The third-order valence-electron chi connectivity index (χ3n) is 7.11. The predicted octanol–water partition coefficient (Wildman–Crippen LogP) is 2.17. The lowest BCUT2D eigenvalue weighted by molar-refractivity contribution is -0.151. The van der Waals surface area contributed by atoms with E-state index in [2.05, 4.69) is 13.5 Å². The van der Waals surface area contributed by atoms with Crippen LogP contribution >= 0.6 is 0 Å². The Morgan fingerprint density at radius 2 is 2.04 bits per heavy atom. The fraction of sp³-hybridized carbons (Fsp3) is 0.700. The number of allylic oxidation sites excluding steroid dienone is 2. The highest BCUT2D eigenvalue weighted by atomic mass is 16.5. The summed E-state index contributed by atoms with van der Waals surface area (Å²) in [5.74, 6) is -0.494. The molecule has 1 saturated heterocycles. The van der Waals surface area contributed by atoms with E-state index in [1.165, 1.54) is 0 Å². The number of aliphatic hydroxyl groups excluding tert-OH is 2. The van der Waals surface area contributed by atoms with Crippen LogP contribution in [0.5, 0.6) is 0 Å². The summed E-state index contributed by atoms with van der Waals surface area (Å²) in [6.07, 6.45) is 5.01. The number of Topliss-reactive ketones (excluding diaryl/α,β-unsaturated/α-hetero) is 1. The van der Waals surface area contributed by atoms with Gasteiger partial charge in [0.2, 0.25) is 5.78 Å². The van der Waals surface area contributed by atoms with Gasteiger partial charge < -0.3 is 14.9 Å². The number of carbonyl (C=O) groups excluding carboxylic acids is 2. The molecule has 0 amide bonds. The molecule has 0 spiro atoms. The second kappa shape index (κ2) is 6.36. The van der Waals surface area contributed by atoms with E-state index in [-0.39, 0.29) is 41.8 Å². The van der Waals surface area contributed by atoms with Gasteiger partial charge in [0.05, 0.1) is 12.7 Å². The van der Waals surface area contributed by atoms with Crippen molar-refractivity contribution in [1.29, 1.82) is 0 Å². The molecule has 25 heavy (non-hydrogen) atoms. The van der Waals surface area contributed by atoms with Crippen LogP contribution in [0.15, 0.2) is 23.8 Å². The predicted molar refractivity (Wildman–Crippen MR) is 92.6 cm³/mol. The van der Waals surface area contributed by atoms with Crippen LogP contribution in [0.4, 0.5) is 0 Å². The lowest BCUT2D eigenvalue weighted by atomic mass is 9.46. The molecule has 2 aliphatic carbocycles. The van der Waals surface area contributed by atoms with Crippen LogP contribution in [-0.2, 0) is 14.3 Å². The van der Waals surface area contributed by atoms with Gasteiger partial charge in [-0.1, -0.05) is 32.1 Å². The molecular formula is C20H28O5. The van der Waals surface area contributed by atoms with Crippen molar-refractivity contribution < 1.29 is 24.5 Å². The summed E-state index contributed by atoms with van der Waals surface area (Å²) in [6, 6.07) is 0. The molecule has 0 aromatic carbocycles. The number of fused-ring (bicyclic) bond motifs is 1. The molecule has 0 radical (unpaired) electrons. The van der Waals surface area contributed by atoms with E-state index in [1.54, 1.807) is 6.08 Å². The minimum Gasteiger partial charge on any atom is -0.454 e. The van der Waals surface area contributed by atoms with Gasteiger partial charge in [-0.3, -0.25) is 4.79 Å². The van der Waals surface area contributed by atoms with E-state index in [4.69, 9.17) is 4.74 Å². The number of carbonyl (C=O) groups is 2. The van der Waals surface area contributed by atoms with Crippen molar-refractivity contribution >= 4 is 11.8 Å². The summed E-state index contributed by atoms with van der Waals surface area (Å²) < 4.78 is 4.80. The van der Waals surface area contributed by atoms with Crippen molar-refractivity contribution in [3.63, 3.8) is 0 Å². The Morgan fingerprint density at radius 1 is 1.32 bits per heavy atom. The molecule has 0 unspecified atom stereocenters. The third kappa shape index (κ3) is 2.77. The SMILES string of the molecule is C=C1CC[C@@H]2[C@](C)(CO)[C@H](O)CC[C@@]2(C)[C@@H]1CC=C1C(=O)COC1=O. The van der Waals surface area contributed by atoms with Gasteiger partial charge in [0.1, 0.15) is 5.57 Å². The zero-order valence-corrected chi connectivity index (χ0v) is 15.1. The first kappa shape index (κ1) is 18.3. The molecule has 5 heteroatoms. The summed E-state index contributed by atoms with van der Waals surface area (Å²) >= 11 is 0. The van der Waals surface area contributed by atoms with E-state index in [1.807, 2.05) is 6.92 Å². The molecule has 3 aliphatic rings. The third-order valence-corrected chi connectivity index (χ3v) is 7.11. The van der Waals surface area contributed by atoms with Crippen LogP contribution in [0.2, 0.25) is 0 Å². The maximum atomic E-state index is 11.8. The molecule has 0 aromatic heterocycles. The van der Waals surface area contributed by atoms with Gasteiger partial charge in [0.15, 0.2) is 6.61 Å². The van der Waals surface area contributed by atoms with Crippen molar-refractivity contribution in [3.8, 4) is 0 Å². The van der Waals surface area contributed by atoms with Crippen LogP contribution in [0.3, 0.4) is 0 Å². The largest absolute Gasteiger partial charge is 0.454 e. The molecule has 3 fully saturated rings. The van der Waals surface area contributed by atoms with Gasteiger partial charge in [-0.25, -0.2) is 4.79 Å². The van der Waals surface area contributed by atoms with E-state index >= 15 is 0 Å². The van der Waals surface area contributed by atoms with Crippen molar-refractivity contribution in [2.24, 2.45) is 22.7 Å². The maximum absolute atomic E-state index is 11.8. The smallest absolute Gasteiger partial charge is 0.342 e. The van der Waals surface area contributed by atoms with Crippen LogP contribution in [0.1, 0.15) is 46.0 Å². The lowest BCUT2D eigenvalue weighted by Crippen LogP contribution is -2.57. The minimum atomic E-state index is -0.535. The maximum Gasteiger partial charge on any atom is 0.342 e. The molecule has 5 nitrogen and oxygen atoms in total. The number of ketones is 1. The quantitative estimate of drug-likeness (QED) is 0.353. The zero-order valence-electron chi connectivity index (χ0n) is 15.1. The topological polar surface area (TPSA) is 83.8 Å². The number of hydrogen-bond donors (Lipinski definition) is 2. The lowest BCUT2D eigenvalue weighted by Gasteiger charge is -2.59. The molecule has 1 aliphatic heterocycles. The van der Waals surface area contributed by atoms with Gasteiger partial charge >= 0.3 is 5.97 Å². The van der Waals surface area contributed by atoms with Crippen molar-refractivity contribution in [2.75, 3.05) is 13.2 Å². The Kier molecular flexibility index (Phi) is 4.67. The Morgan fingerprint density at radius 3 is 2.64 bits per heavy atom. The normalized spacial score (nSPS) is 43.3. The number of rotatable bonds is 3. The van der Waals surface area contributed by atoms with Gasteiger partial charge in [-0.15, -0.1) is 0 Å². The average molecular weight is 348 g/mol. The van der Waals surface area contributed by atoms with Crippen LogP contribution in [0, 0.1) is 22.7 Å². The highest BCUT2D eigenvalue weighted by Crippen LogP contribution is 2.61. The molecule has 138 valence electrons. The van der Waals surface area contributed by atoms with E-state index in [0.717, 1.165) is 24.8 Å². The first-order valence-corrected chi connectivity index (χ1v) is 9.11. The molecule has 1 heterocycles. The van der Waals surface area contributed by atoms with Gasteiger partial charge in [-0.05, 0) is 49.4 Å². The Bertz CT molecular complexity index is 618. The fourth-order valence-electron chi connectivity index (χ4n) is 5.47. The monoisotopic (exact) mass is 348 g/mol. The van der Waals surface area contributed by atoms with E-state index < -0.39 is 17.5 Å². The average Bonchev–Trinajstić information content (AvgIpc) is 2.89. The van der Waals surface area contributed by atoms with Crippen LogP contribution in [-0.4, -0.2) is 41.3 Å². The molecule has 0 aromatic rings. The number of hydrogen-bond acceptors (Lipinski definition) is 5. The van der Waals surface area contributed by atoms with Gasteiger partial charge in [0.25, 0.3) is 0 Å². The number of cyclic esters (lactones) is 1. The molecule has 0 bridgehead atoms. The van der Waals surface area contributed by atoms with Crippen LogP contribution in [0.25, 0.3) is 0 Å². The van der Waals surface area contributed by atoms with Crippen molar-refractivity contribution in [3.05, 3.63) is 23.8 Å². The van der Waals surface area contributed by atoms with Crippen molar-refractivity contribution in [2.45, 2.75) is 52.1 Å². The molecule has 5 atom stereocenters. The summed E-state index contributed by atoms with van der Waals surface area (Å²) in [4.78, 5) is 23.5. The van der Waals surface area contributed by atoms with Crippen LogP contribution < -0.4 is 0 Å². The number of ether oxygens (including phenoxy) is 1. The van der Waals surface area contributed by atoms with Crippen molar-refractivity contribution in [1.82, 2.24) is 0 Å². The van der Waals surface area contributed by atoms with Gasteiger partial charge in [0, 0.05) is 5.41 Å². The molecule has 2 saturated carbocycles. The Labute approximate surface area is 148 Å². The first-order valence-electron chi connectivity index (χ1n) is 9.11. The molecular weight excluding hydrogens is 320 g/mol. The Balaban J connectivity index is 1.90. The molecule has 2 N–H and O–H groups in total. The first-order chi connectivity index (χ1) is 11.7.